The third kappa shape index (κ3) is 5.49. The van der Waals surface area contributed by atoms with Crippen molar-refractivity contribution in [2.45, 2.75) is 39.5 Å². The maximum Gasteiger partial charge on any atom is 0.309 e. The summed E-state index contributed by atoms with van der Waals surface area (Å²) in [5, 5.41) is 0. The van der Waals surface area contributed by atoms with Gasteiger partial charge in [0.2, 0.25) is 0 Å². The molecule has 0 saturated heterocycles. The Labute approximate surface area is 121 Å². The summed E-state index contributed by atoms with van der Waals surface area (Å²) in [5.41, 5.74) is 0. The number of methoxy groups -OCH3 is 1. The molecule has 0 aromatic carbocycles. The van der Waals surface area contributed by atoms with Crippen LogP contribution < -0.4 is 0 Å². The van der Waals surface area contributed by atoms with Crippen LogP contribution in [0.3, 0.4) is 0 Å². The summed E-state index contributed by atoms with van der Waals surface area (Å²) < 4.78 is 15.3. The summed E-state index contributed by atoms with van der Waals surface area (Å²) >= 11 is 0. The van der Waals surface area contributed by atoms with Gasteiger partial charge in [-0.3, -0.25) is 9.59 Å². The Bertz CT molecular complexity index is 313. The van der Waals surface area contributed by atoms with E-state index in [1.54, 1.807) is 7.11 Å². The SMILES string of the molecule is COCCOC(=O)C1CCCCC1C(=O)OCC(C)C. The lowest BCUT2D eigenvalue weighted by molar-refractivity contribution is -0.164. The van der Waals surface area contributed by atoms with Gasteiger partial charge in [0.05, 0.1) is 25.0 Å². The first kappa shape index (κ1) is 17.0. The van der Waals surface area contributed by atoms with Crippen LogP contribution in [0.4, 0.5) is 0 Å². The Balaban J connectivity index is 2.52. The Hall–Kier alpha value is -1.10. The molecular weight excluding hydrogens is 260 g/mol. The number of rotatable bonds is 7. The Morgan fingerprint density at radius 2 is 1.55 bits per heavy atom. The predicted octanol–water partition coefficient (Wildman–Crippen LogP) is 2.18. The van der Waals surface area contributed by atoms with E-state index in [4.69, 9.17) is 14.2 Å². The van der Waals surface area contributed by atoms with Crippen LogP contribution in [0.2, 0.25) is 0 Å². The lowest BCUT2D eigenvalue weighted by atomic mass is 9.79. The zero-order chi connectivity index (χ0) is 15.0. The van der Waals surface area contributed by atoms with Crippen molar-refractivity contribution in [3.05, 3.63) is 0 Å². The maximum absolute atomic E-state index is 12.1. The Morgan fingerprint density at radius 3 is 2.05 bits per heavy atom. The number of hydrogen-bond donors (Lipinski definition) is 0. The minimum Gasteiger partial charge on any atom is -0.465 e. The summed E-state index contributed by atoms with van der Waals surface area (Å²) in [6, 6.07) is 0. The zero-order valence-corrected chi connectivity index (χ0v) is 12.7. The molecule has 0 aromatic heterocycles. The fourth-order valence-corrected chi connectivity index (χ4v) is 2.38. The van der Waals surface area contributed by atoms with Gasteiger partial charge in [-0.05, 0) is 18.8 Å². The third-order valence-electron chi connectivity index (χ3n) is 3.46. The molecule has 1 saturated carbocycles. The quantitative estimate of drug-likeness (QED) is 0.530. The number of hydrogen-bond acceptors (Lipinski definition) is 5. The van der Waals surface area contributed by atoms with E-state index >= 15 is 0 Å². The van der Waals surface area contributed by atoms with Crippen LogP contribution >= 0.6 is 0 Å². The molecule has 20 heavy (non-hydrogen) atoms. The van der Waals surface area contributed by atoms with Crippen LogP contribution in [0, 0.1) is 17.8 Å². The fourth-order valence-electron chi connectivity index (χ4n) is 2.38. The van der Waals surface area contributed by atoms with Crippen molar-refractivity contribution in [3.63, 3.8) is 0 Å². The highest BCUT2D eigenvalue weighted by Gasteiger charge is 2.37. The first-order chi connectivity index (χ1) is 9.56. The van der Waals surface area contributed by atoms with E-state index < -0.39 is 0 Å². The average Bonchev–Trinajstić information content (AvgIpc) is 2.44. The summed E-state index contributed by atoms with van der Waals surface area (Å²) in [7, 11) is 1.56. The van der Waals surface area contributed by atoms with E-state index in [1.807, 2.05) is 13.8 Å². The van der Waals surface area contributed by atoms with Crippen LogP contribution in [-0.4, -0.2) is 38.9 Å². The lowest BCUT2D eigenvalue weighted by Crippen LogP contribution is -2.35. The first-order valence-corrected chi connectivity index (χ1v) is 7.38. The first-order valence-electron chi connectivity index (χ1n) is 7.38. The molecule has 1 aliphatic carbocycles. The van der Waals surface area contributed by atoms with E-state index in [1.165, 1.54) is 0 Å². The molecule has 0 amide bonds. The number of carbonyl (C=O) groups is 2. The average molecular weight is 286 g/mol. The van der Waals surface area contributed by atoms with Crippen molar-refractivity contribution in [2.24, 2.45) is 17.8 Å². The van der Waals surface area contributed by atoms with Gasteiger partial charge in [0.15, 0.2) is 0 Å². The molecule has 116 valence electrons. The summed E-state index contributed by atoms with van der Waals surface area (Å²) in [6.07, 6.45) is 3.33. The highest BCUT2D eigenvalue weighted by molar-refractivity contribution is 5.82. The molecule has 2 atom stereocenters. The van der Waals surface area contributed by atoms with Gasteiger partial charge in [0, 0.05) is 7.11 Å². The minimum absolute atomic E-state index is 0.236. The van der Waals surface area contributed by atoms with E-state index in [9.17, 15) is 9.59 Å². The van der Waals surface area contributed by atoms with Crippen LogP contribution in [0.5, 0.6) is 0 Å². The van der Waals surface area contributed by atoms with Gasteiger partial charge in [-0.25, -0.2) is 0 Å². The van der Waals surface area contributed by atoms with E-state index in [-0.39, 0.29) is 30.4 Å². The fraction of sp³-hybridized carbons (Fsp3) is 0.867. The smallest absolute Gasteiger partial charge is 0.309 e. The second-order valence-electron chi connectivity index (χ2n) is 5.68. The molecule has 0 aromatic rings. The van der Waals surface area contributed by atoms with Gasteiger partial charge in [-0.15, -0.1) is 0 Å². The van der Waals surface area contributed by atoms with Gasteiger partial charge >= 0.3 is 11.9 Å². The number of carbonyl (C=O) groups excluding carboxylic acids is 2. The van der Waals surface area contributed by atoms with Crippen molar-refractivity contribution >= 4 is 11.9 Å². The zero-order valence-electron chi connectivity index (χ0n) is 12.7. The molecule has 0 spiro atoms. The monoisotopic (exact) mass is 286 g/mol. The molecule has 1 aliphatic rings. The van der Waals surface area contributed by atoms with E-state index in [2.05, 4.69) is 0 Å². The van der Waals surface area contributed by atoms with E-state index in [0.29, 0.717) is 32.0 Å². The summed E-state index contributed by atoms with van der Waals surface area (Å²) in [5.74, 6) is -0.965. The maximum atomic E-state index is 12.1. The molecule has 1 rings (SSSR count). The van der Waals surface area contributed by atoms with Gasteiger partial charge in [0.1, 0.15) is 6.61 Å². The molecule has 1 fully saturated rings. The molecular formula is C15H26O5. The van der Waals surface area contributed by atoms with Gasteiger partial charge < -0.3 is 14.2 Å². The standard InChI is InChI=1S/C15H26O5/c1-11(2)10-20-15(17)13-7-5-4-6-12(13)14(16)19-9-8-18-3/h11-13H,4-10H2,1-3H3. The highest BCUT2D eigenvalue weighted by atomic mass is 16.6. The van der Waals surface area contributed by atoms with Crippen LogP contribution in [-0.2, 0) is 23.8 Å². The predicted molar refractivity (Wildman–Crippen MR) is 74.1 cm³/mol. The molecule has 0 radical (unpaired) electrons. The second-order valence-corrected chi connectivity index (χ2v) is 5.68. The van der Waals surface area contributed by atoms with Crippen LogP contribution in [0.25, 0.3) is 0 Å². The van der Waals surface area contributed by atoms with Crippen LogP contribution in [0.15, 0.2) is 0 Å². The lowest BCUT2D eigenvalue weighted by Gasteiger charge is -2.28. The molecule has 5 heteroatoms. The largest absolute Gasteiger partial charge is 0.465 e. The van der Waals surface area contributed by atoms with Crippen molar-refractivity contribution in [3.8, 4) is 0 Å². The van der Waals surface area contributed by atoms with Crippen molar-refractivity contribution in [1.29, 1.82) is 0 Å². The van der Waals surface area contributed by atoms with Crippen molar-refractivity contribution in [2.75, 3.05) is 26.9 Å². The summed E-state index contributed by atoms with van der Waals surface area (Å²) in [6.45, 7) is 5.00. The molecule has 5 nitrogen and oxygen atoms in total. The molecule has 2 unspecified atom stereocenters. The third-order valence-corrected chi connectivity index (χ3v) is 3.46. The highest BCUT2D eigenvalue weighted by Crippen LogP contribution is 2.32. The van der Waals surface area contributed by atoms with Crippen molar-refractivity contribution in [1.82, 2.24) is 0 Å². The van der Waals surface area contributed by atoms with E-state index in [0.717, 1.165) is 12.8 Å². The second kappa shape index (κ2) is 8.95. The van der Waals surface area contributed by atoms with Crippen LogP contribution in [0.1, 0.15) is 39.5 Å². The Morgan fingerprint density at radius 1 is 1.00 bits per heavy atom. The molecule has 0 bridgehead atoms. The van der Waals surface area contributed by atoms with Gasteiger partial charge in [0.25, 0.3) is 0 Å². The summed E-state index contributed by atoms with van der Waals surface area (Å²) in [4.78, 5) is 24.1. The van der Waals surface area contributed by atoms with Gasteiger partial charge in [-0.2, -0.15) is 0 Å². The minimum atomic E-state index is -0.361. The molecule has 0 N–H and O–H groups in total. The van der Waals surface area contributed by atoms with Crippen molar-refractivity contribution < 1.29 is 23.8 Å². The molecule has 0 heterocycles. The van der Waals surface area contributed by atoms with Gasteiger partial charge in [-0.1, -0.05) is 26.7 Å². The number of ether oxygens (including phenoxy) is 3. The Kier molecular flexibility index (Phi) is 7.59. The topological polar surface area (TPSA) is 61.8 Å². The molecule has 0 aliphatic heterocycles. The normalized spacial score (nSPS) is 22.6. The number of esters is 2.